The van der Waals surface area contributed by atoms with Gasteiger partial charge in [0.15, 0.2) is 0 Å². The second-order valence-electron chi connectivity index (χ2n) is 2.13. The Hall–Kier alpha value is -0.280. The van der Waals surface area contributed by atoms with Crippen LogP contribution in [0.3, 0.4) is 0 Å². The maximum absolute atomic E-state index is 5.75. The van der Waals surface area contributed by atoms with Crippen molar-refractivity contribution >= 4 is 23.2 Å². The Morgan fingerprint density at radius 3 is 2.55 bits per heavy atom. The molecule has 1 rings (SSSR count). The number of hydrogen-bond acceptors (Lipinski definition) is 2. The van der Waals surface area contributed by atoms with E-state index in [9.17, 15) is 0 Å². The van der Waals surface area contributed by atoms with Crippen LogP contribution in [0.15, 0.2) is 18.2 Å². The van der Waals surface area contributed by atoms with Gasteiger partial charge < -0.3 is 0 Å². The molecule has 1 aromatic rings. The van der Waals surface area contributed by atoms with E-state index < -0.39 is 0 Å². The first-order valence-corrected chi connectivity index (χ1v) is 3.87. The van der Waals surface area contributed by atoms with Crippen LogP contribution in [0.25, 0.3) is 0 Å². The average Bonchev–Trinajstić information content (AvgIpc) is 1.98. The maximum atomic E-state index is 5.75. The van der Waals surface area contributed by atoms with E-state index in [-0.39, 0.29) is 0 Å². The summed E-state index contributed by atoms with van der Waals surface area (Å²) in [6, 6.07) is 5.40. The summed E-state index contributed by atoms with van der Waals surface area (Å²) >= 11 is 11.4. The highest BCUT2D eigenvalue weighted by molar-refractivity contribution is 6.41. The lowest BCUT2D eigenvalue weighted by Gasteiger charge is -2.00. The summed E-state index contributed by atoms with van der Waals surface area (Å²) in [7, 11) is 0. The molecule has 0 aromatic heterocycles. The molecule has 2 nitrogen and oxygen atoms in total. The second-order valence-corrected chi connectivity index (χ2v) is 2.94. The van der Waals surface area contributed by atoms with Crippen molar-refractivity contribution in [1.82, 2.24) is 5.43 Å². The SMILES string of the molecule is NNCc1ccc(Cl)c(Cl)c1. The topological polar surface area (TPSA) is 38.0 Å². The van der Waals surface area contributed by atoms with E-state index in [1.54, 1.807) is 12.1 Å². The first-order chi connectivity index (χ1) is 5.24. The molecule has 11 heavy (non-hydrogen) atoms. The molecular weight excluding hydrogens is 183 g/mol. The first-order valence-electron chi connectivity index (χ1n) is 3.11. The molecule has 0 unspecified atom stereocenters. The van der Waals surface area contributed by atoms with Crippen molar-refractivity contribution in [2.24, 2.45) is 5.84 Å². The molecule has 0 amide bonds. The van der Waals surface area contributed by atoms with Gasteiger partial charge in [-0.05, 0) is 17.7 Å². The average molecular weight is 191 g/mol. The molecule has 60 valence electrons. The van der Waals surface area contributed by atoms with Crippen LogP contribution in [0.2, 0.25) is 10.0 Å². The number of benzene rings is 1. The van der Waals surface area contributed by atoms with E-state index in [4.69, 9.17) is 29.0 Å². The van der Waals surface area contributed by atoms with Crippen LogP contribution in [0.1, 0.15) is 5.56 Å². The van der Waals surface area contributed by atoms with E-state index >= 15 is 0 Å². The van der Waals surface area contributed by atoms with Gasteiger partial charge in [0.2, 0.25) is 0 Å². The first kappa shape index (κ1) is 8.81. The summed E-state index contributed by atoms with van der Waals surface area (Å²) in [5, 5.41) is 1.12. The lowest BCUT2D eigenvalue weighted by Crippen LogP contribution is -2.20. The molecule has 4 heteroatoms. The van der Waals surface area contributed by atoms with Crippen molar-refractivity contribution in [2.75, 3.05) is 0 Å². The fourth-order valence-corrected chi connectivity index (χ4v) is 1.09. The number of hydrazine groups is 1. The van der Waals surface area contributed by atoms with Crippen LogP contribution in [0, 0.1) is 0 Å². The molecule has 0 aliphatic rings. The van der Waals surface area contributed by atoms with E-state index in [0.29, 0.717) is 16.6 Å². The largest absolute Gasteiger partial charge is 0.271 e. The van der Waals surface area contributed by atoms with Crippen LogP contribution >= 0.6 is 23.2 Å². The summed E-state index contributed by atoms with van der Waals surface area (Å²) in [5.74, 6) is 5.12. The highest BCUT2D eigenvalue weighted by Crippen LogP contribution is 2.22. The molecule has 0 fully saturated rings. The summed E-state index contributed by atoms with van der Waals surface area (Å²) in [4.78, 5) is 0. The van der Waals surface area contributed by atoms with E-state index in [0.717, 1.165) is 5.56 Å². The van der Waals surface area contributed by atoms with Gasteiger partial charge >= 0.3 is 0 Å². The third-order valence-corrected chi connectivity index (χ3v) is 2.03. The fraction of sp³-hybridized carbons (Fsp3) is 0.143. The van der Waals surface area contributed by atoms with Crippen LogP contribution in [-0.4, -0.2) is 0 Å². The predicted molar refractivity (Wildman–Crippen MR) is 47.5 cm³/mol. The Bertz CT molecular complexity index is 250. The molecular formula is C7H8Cl2N2. The highest BCUT2D eigenvalue weighted by atomic mass is 35.5. The quantitative estimate of drug-likeness (QED) is 0.553. The van der Waals surface area contributed by atoms with Crippen molar-refractivity contribution < 1.29 is 0 Å². The fourth-order valence-electron chi connectivity index (χ4n) is 0.767. The molecule has 0 saturated carbocycles. The summed E-state index contributed by atoms with van der Waals surface area (Å²) in [5.41, 5.74) is 3.54. The van der Waals surface area contributed by atoms with Gasteiger partial charge in [0, 0.05) is 6.54 Å². The van der Waals surface area contributed by atoms with Crippen LogP contribution < -0.4 is 11.3 Å². The van der Waals surface area contributed by atoms with Gasteiger partial charge in [-0.15, -0.1) is 0 Å². The smallest absolute Gasteiger partial charge is 0.0595 e. The predicted octanol–water partition coefficient (Wildman–Crippen LogP) is 1.96. The van der Waals surface area contributed by atoms with Crippen LogP contribution in [0.5, 0.6) is 0 Å². The Labute approximate surface area is 75.3 Å². The maximum Gasteiger partial charge on any atom is 0.0595 e. The molecule has 0 aliphatic carbocycles. The van der Waals surface area contributed by atoms with Gasteiger partial charge in [-0.2, -0.15) is 0 Å². The summed E-state index contributed by atoms with van der Waals surface area (Å²) in [6.07, 6.45) is 0. The number of nitrogens with one attached hydrogen (secondary N) is 1. The zero-order chi connectivity index (χ0) is 8.27. The van der Waals surface area contributed by atoms with Crippen LogP contribution in [-0.2, 0) is 6.54 Å². The molecule has 0 atom stereocenters. The zero-order valence-electron chi connectivity index (χ0n) is 5.77. The third kappa shape index (κ3) is 2.34. The highest BCUT2D eigenvalue weighted by Gasteiger charge is 1.97. The lowest BCUT2D eigenvalue weighted by atomic mass is 10.2. The molecule has 0 spiro atoms. The third-order valence-electron chi connectivity index (χ3n) is 1.29. The Morgan fingerprint density at radius 2 is 2.00 bits per heavy atom. The minimum atomic E-state index is 0.555. The number of rotatable bonds is 2. The lowest BCUT2D eigenvalue weighted by molar-refractivity contribution is 0.741. The number of halogens is 2. The molecule has 0 radical (unpaired) electrons. The van der Waals surface area contributed by atoms with Crippen molar-refractivity contribution in [1.29, 1.82) is 0 Å². The van der Waals surface area contributed by atoms with E-state index in [2.05, 4.69) is 5.43 Å². The Morgan fingerprint density at radius 1 is 1.27 bits per heavy atom. The van der Waals surface area contributed by atoms with Crippen molar-refractivity contribution in [3.8, 4) is 0 Å². The molecule has 0 bridgehead atoms. The Kier molecular flexibility index (Phi) is 3.15. The second kappa shape index (κ2) is 3.93. The molecule has 0 aliphatic heterocycles. The van der Waals surface area contributed by atoms with Gasteiger partial charge in [0.25, 0.3) is 0 Å². The molecule has 1 aromatic carbocycles. The van der Waals surface area contributed by atoms with Gasteiger partial charge in [-0.3, -0.25) is 11.3 Å². The van der Waals surface area contributed by atoms with E-state index in [1.165, 1.54) is 0 Å². The van der Waals surface area contributed by atoms with Crippen molar-refractivity contribution in [3.05, 3.63) is 33.8 Å². The Balaban J connectivity index is 2.86. The van der Waals surface area contributed by atoms with Gasteiger partial charge in [0.1, 0.15) is 0 Å². The van der Waals surface area contributed by atoms with Crippen molar-refractivity contribution in [2.45, 2.75) is 6.54 Å². The molecule has 3 N–H and O–H groups in total. The summed E-state index contributed by atoms with van der Waals surface area (Å²) in [6.45, 7) is 0.594. The minimum Gasteiger partial charge on any atom is -0.271 e. The van der Waals surface area contributed by atoms with Crippen molar-refractivity contribution in [3.63, 3.8) is 0 Å². The normalized spacial score (nSPS) is 10.1. The molecule has 0 saturated heterocycles. The standard InChI is InChI=1S/C7H8Cl2N2/c8-6-2-1-5(4-11-10)3-7(6)9/h1-3,11H,4,10H2. The van der Waals surface area contributed by atoms with E-state index in [1.807, 2.05) is 6.07 Å². The van der Waals surface area contributed by atoms with Gasteiger partial charge in [0.05, 0.1) is 10.0 Å². The summed E-state index contributed by atoms with van der Waals surface area (Å²) < 4.78 is 0. The minimum absolute atomic E-state index is 0.555. The van der Waals surface area contributed by atoms with Crippen LogP contribution in [0.4, 0.5) is 0 Å². The monoisotopic (exact) mass is 190 g/mol. The number of hydrogen-bond donors (Lipinski definition) is 2. The number of nitrogens with two attached hydrogens (primary N) is 1. The van der Waals surface area contributed by atoms with Gasteiger partial charge in [-0.1, -0.05) is 29.3 Å². The molecule has 0 heterocycles. The van der Waals surface area contributed by atoms with Gasteiger partial charge in [-0.25, -0.2) is 0 Å². The zero-order valence-corrected chi connectivity index (χ0v) is 7.28.